The maximum Gasteiger partial charge on any atom is 0.223 e. The Labute approximate surface area is 115 Å². The Morgan fingerprint density at radius 2 is 2.11 bits per heavy atom. The predicted molar refractivity (Wildman–Crippen MR) is 76.2 cm³/mol. The zero-order valence-corrected chi connectivity index (χ0v) is 11.9. The van der Waals surface area contributed by atoms with E-state index in [1.54, 1.807) is 0 Å². The molecule has 1 fully saturated rings. The number of hydrogen-bond donors (Lipinski definition) is 2. The van der Waals surface area contributed by atoms with Gasteiger partial charge in [-0.1, -0.05) is 0 Å². The molecule has 5 nitrogen and oxygen atoms in total. The molecule has 2 heterocycles. The lowest BCUT2D eigenvalue weighted by Gasteiger charge is -2.31. The minimum atomic E-state index is 0.310. The van der Waals surface area contributed by atoms with Crippen molar-refractivity contribution in [1.29, 1.82) is 0 Å². The van der Waals surface area contributed by atoms with Gasteiger partial charge < -0.3 is 15.3 Å². The van der Waals surface area contributed by atoms with Crippen LogP contribution in [-0.2, 0) is 0 Å². The van der Waals surface area contributed by atoms with E-state index >= 15 is 0 Å². The molecule has 0 unspecified atom stereocenters. The highest BCUT2D eigenvalue weighted by molar-refractivity contribution is 5.27. The van der Waals surface area contributed by atoms with Gasteiger partial charge in [-0.05, 0) is 45.2 Å². The van der Waals surface area contributed by atoms with Crippen molar-refractivity contribution in [3.8, 4) is 0 Å². The molecule has 5 heteroatoms. The molecular weight excluding hydrogens is 240 g/mol. The highest BCUT2D eigenvalue weighted by Gasteiger charge is 2.18. The number of anilines is 1. The lowest BCUT2D eigenvalue weighted by atomic mass is 9.99. The number of piperidine rings is 1. The fourth-order valence-electron chi connectivity index (χ4n) is 2.63. The number of aliphatic hydroxyl groups is 1. The Morgan fingerprint density at radius 1 is 1.37 bits per heavy atom. The van der Waals surface area contributed by atoms with E-state index in [1.807, 2.05) is 19.9 Å². The van der Waals surface area contributed by atoms with Crippen molar-refractivity contribution in [2.75, 3.05) is 38.1 Å². The van der Waals surface area contributed by atoms with E-state index < -0.39 is 0 Å². The normalized spacial score (nSPS) is 20.5. The first-order valence-corrected chi connectivity index (χ1v) is 7.06. The lowest BCUT2D eigenvalue weighted by molar-refractivity contribution is 0.123. The Bertz CT molecular complexity index is 390. The fourth-order valence-corrected chi connectivity index (χ4v) is 2.63. The molecule has 1 atom stereocenters. The van der Waals surface area contributed by atoms with Gasteiger partial charge >= 0.3 is 0 Å². The van der Waals surface area contributed by atoms with Gasteiger partial charge in [0.1, 0.15) is 0 Å². The van der Waals surface area contributed by atoms with Gasteiger partial charge in [-0.15, -0.1) is 0 Å². The molecular formula is C14H24N4O. The van der Waals surface area contributed by atoms with Crippen molar-refractivity contribution < 1.29 is 5.11 Å². The molecule has 1 saturated heterocycles. The monoisotopic (exact) mass is 264 g/mol. The lowest BCUT2D eigenvalue weighted by Crippen LogP contribution is -2.39. The smallest absolute Gasteiger partial charge is 0.223 e. The number of hydrogen-bond acceptors (Lipinski definition) is 5. The van der Waals surface area contributed by atoms with Gasteiger partial charge in [0.05, 0.1) is 0 Å². The maximum atomic E-state index is 9.21. The van der Waals surface area contributed by atoms with Crippen LogP contribution in [0.4, 0.5) is 5.95 Å². The largest absolute Gasteiger partial charge is 0.396 e. The summed E-state index contributed by atoms with van der Waals surface area (Å²) >= 11 is 0. The van der Waals surface area contributed by atoms with E-state index in [0.29, 0.717) is 18.5 Å². The van der Waals surface area contributed by atoms with Crippen LogP contribution in [0.25, 0.3) is 0 Å². The van der Waals surface area contributed by atoms with Crippen molar-refractivity contribution in [2.45, 2.75) is 26.7 Å². The van der Waals surface area contributed by atoms with E-state index in [1.165, 1.54) is 6.42 Å². The summed E-state index contributed by atoms with van der Waals surface area (Å²) in [5, 5.41) is 12.5. The molecule has 1 aromatic rings. The number of likely N-dealkylation sites (tertiary alicyclic amines) is 1. The summed E-state index contributed by atoms with van der Waals surface area (Å²) in [5.74, 6) is 1.17. The van der Waals surface area contributed by atoms with Crippen LogP contribution in [-0.4, -0.2) is 52.8 Å². The molecule has 106 valence electrons. The second-order valence-corrected chi connectivity index (χ2v) is 5.39. The molecule has 0 aliphatic carbocycles. The molecule has 0 aromatic carbocycles. The van der Waals surface area contributed by atoms with E-state index in [-0.39, 0.29) is 0 Å². The minimum Gasteiger partial charge on any atom is -0.396 e. The first-order chi connectivity index (χ1) is 9.17. The van der Waals surface area contributed by atoms with E-state index in [9.17, 15) is 5.11 Å². The molecule has 1 aliphatic rings. The molecule has 0 amide bonds. The number of aliphatic hydroxyl groups excluding tert-OH is 1. The average molecular weight is 264 g/mol. The van der Waals surface area contributed by atoms with Crippen LogP contribution in [0.15, 0.2) is 6.07 Å². The summed E-state index contributed by atoms with van der Waals surface area (Å²) in [5.41, 5.74) is 1.99. The molecule has 19 heavy (non-hydrogen) atoms. The maximum absolute atomic E-state index is 9.21. The van der Waals surface area contributed by atoms with Gasteiger partial charge in [0, 0.05) is 37.6 Å². The average Bonchev–Trinajstić information content (AvgIpc) is 2.38. The zero-order valence-electron chi connectivity index (χ0n) is 11.9. The number of aromatic nitrogens is 2. The van der Waals surface area contributed by atoms with Crippen molar-refractivity contribution in [3.05, 3.63) is 17.5 Å². The van der Waals surface area contributed by atoms with Gasteiger partial charge in [0.15, 0.2) is 0 Å². The van der Waals surface area contributed by atoms with Crippen LogP contribution in [0.3, 0.4) is 0 Å². The number of aryl methyl sites for hydroxylation is 2. The third kappa shape index (κ3) is 4.44. The van der Waals surface area contributed by atoms with Gasteiger partial charge in [-0.25, -0.2) is 9.97 Å². The highest BCUT2D eigenvalue weighted by Crippen LogP contribution is 2.15. The molecule has 0 saturated carbocycles. The third-order valence-electron chi connectivity index (χ3n) is 3.55. The van der Waals surface area contributed by atoms with Crippen molar-refractivity contribution >= 4 is 5.95 Å². The molecule has 1 aromatic heterocycles. The third-order valence-corrected chi connectivity index (χ3v) is 3.55. The molecule has 2 N–H and O–H groups in total. The van der Waals surface area contributed by atoms with Crippen LogP contribution < -0.4 is 5.32 Å². The van der Waals surface area contributed by atoms with Crippen LogP contribution >= 0.6 is 0 Å². The second kappa shape index (κ2) is 6.82. The number of nitrogens with one attached hydrogen (secondary N) is 1. The highest BCUT2D eigenvalue weighted by atomic mass is 16.3. The predicted octanol–water partition coefficient (Wildman–Crippen LogP) is 1.21. The summed E-state index contributed by atoms with van der Waals surface area (Å²) in [6, 6.07) is 1.97. The fraction of sp³-hybridized carbons (Fsp3) is 0.714. The molecule has 0 bridgehead atoms. The van der Waals surface area contributed by atoms with E-state index in [2.05, 4.69) is 20.2 Å². The van der Waals surface area contributed by atoms with Crippen LogP contribution in [0.1, 0.15) is 24.2 Å². The van der Waals surface area contributed by atoms with E-state index in [4.69, 9.17) is 0 Å². The first kappa shape index (κ1) is 14.2. The summed E-state index contributed by atoms with van der Waals surface area (Å²) in [7, 11) is 0. The minimum absolute atomic E-state index is 0.310. The van der Waals surface area contributed by atoms with Crippen LogP contribution in [0, 0.1) is 19.8 Å². The second-order valence-electron chi connectivity index (χ2n) is 5.39. The number of nitrogens with zero attached hydrogens (tertiary/aromatic N) is 3. The van der Waals surface area contributed by atoms with Crippen molar-refractivity contribution in [3.63, 3.8) is 0 Å². The summed E-state index contributed by atoms with van der Waals surface area (Å²) in [6.45, 7) is 8.24. The van der Waals surface area contributed by atoms with Gasteiger partial charge in [0.2, 0.25) is 5.95 Å². The van der Waals surface area contributed by atoms with Crippen LogP contribution in [0.2, 0.25) is 0 Å². The SMILES string of the molecule is Cc1cc(C)nc(NCCN2CCC[C@H](CO)C2)n1. The van der Waals surface area contributed by atoms with Crippen molar-refractivity contribution in [2.24, 2.45) is 5.92 Å². The van der Waals surface area contributed by atoms with Crippen molar-refractivity contribution in [1.82, 2.24) is 14.9 Å². The number of rotatable bonds is 5. The Hall–Kier alpha value is -1.20. The molecule has 2 rings (SSSR count). The molecule has 1 aliphatic heterocycles. The van der Waals surface area contributed by atoms with Crippen LogP contribution in [0.5, 0.6) is 0 Å². The first-order valence-electron chi connectivity index (χ1n) is 7.06. The van der Waals surface area contributed by atoms with E-state index in [0.717, 1.165) is 44.0 Å². The Balaban J connectivity index is 1.76. The topological polar surface area (TPSA) is 61.3 Å². The Kier molecular flexibility index (Phi) is 5.10. The summed E-state index contributed by atoms with van der Waals surface area (Å²) in [6.07, 6.45) is 2.34. The zero-order chi connectivity index (χ0) is 13.7. The Morgan fingerprint density at radius 3 is 2.79 bits per heavy atom. The van der Waals surface area contributed by atoms with Gasteiger partial charge in [0.25, 0.3) is 0 Å². The quantitative estimate of drug-likeness (QED) is 0.837. The molecule has 0 spiro atoms. The molecule has 0 radical (unpaired) electrons. The summed E-state index contributed by atoms with van der Waals surface area (Å²) < 4.78 is 0. The summed E-state index contributed by atoms with van der Waals surface area (Å²) in [4.78, 5) is 11.1. The standard InChI is InChI=1S/C14H24N4O/c1-11-8-12(2)17-14(16-11)15-5-7-18-6-3-4-13(9-18)10-19/h8,13,19H,3-7,9-10H2,1-2H3,(H,15,16,17)/t13-/m0/s1. The van der Waals surface area contributed by atoms with Gasteiger partial charge in [-0.3, -0.25) is 0 Å². The van der Waals surface area contributed by atoms with Gasteiger partial charge in [-0.2, -0.15) is 0 Å².